The normalized spacial score (nSPS) is 20.6. The summed E-state index contributed by atoms with van der Waals surface area (Å²) in [5, 5.41) is -0.304. The molecule has 1 saturated heterocycles. The van der Waals surface area contributed by atoms with Gasteiger partial charge in [0.25, 0.3) is 0 Å². The second-order valence-corrected chi connectivity index (χ2v) is 6.22. The Morgan fingerprint density at radius 3 is 2.38 bits per heavy atom. The van der Waals surface area contributed by atoms with Gasteiger partial charge in [-0.3, -0.25) is 0 Å². The standard InChI is InChI=1S/C7H15ClN2O2S/c1-9(2)3-7-4-10(5-7)13(11,12)6-8/h7H,3-6H2,1-2H3. The van der Waals surface area contributed by atoms with E-state index in [-0.39, 0.29) is 5.21 Å². The summed E-state index contributed by atoms with van der Waals surface area (Å²) < 4.78 is 23.8. The Hall–Kier alpha value is 0.160. The molecule has 0 unspecified atom stereocenters. The molecule has 78 valence electrons. The van der Waals surface area contributed by atoms with Crippen molar-refractivity contribution in [2.75, 3.05) is 38.9 Å². The lowest BCUT2D eigenvalue weighted by Gasteiger charge is -2.38. The fourth-order valence-electron chi connectivity index (χ4n) is 1.45. The maximum atomic E-state index is 11.2. The van der Waals surface area contributed by atoms with E-state index in [0.717, 1.165) is 6.54 Å². The molecule has 1 aliphatic rings. The highest BCUT2D eigenvalue weighted by atomic mass is 35.5. The Kier molecular flexibility index (Phi) is 3.57. The van der Waals surface area contributed by atoms with Crippen molar-refractivity contribution < 1.29 is 8.42 Å². The average Bonchev–Trinajstić information content (AvgIpc) is 1.95. The minimum Gasteiger partial charge on any atom is -0.309 e. The molecule has 1 aliphatic heterocycles. The van der Waals surface area contributed by atoms with Crippen molar-refractivity contribution in [2.45, 2.75) is 0 Å². The quantitative estimate of drug-likeness (QED) is 0.634. The Bertz CT molecular complexity index is 260. The van der Waals surface area contributed by atoms with Crippen molar-refractivity contribution in [3.63, 3.8) is 0 Å². The van der Waals surface area contributed by atoms with Gasteiger partial charge in [0.2, 0.25) is 10.0 Å². The van der Waals surface area contributed by atoms with Crippen LogP contribution < -0.4 is 0 Å². The lowest BCUT2D eigenvalue weighted by molar-refractivity contribution is 0.161. The summed E-state index contributed by atoms with van der Waals surface area (Å²) in [7, 11) is 0.820. The van der Waals surface area contributed by atoms with Crippen LogP contribution in [0.15, 0.2) is 0 Å². The monoisotopic (exact) mass is 226 g/mol. The molecule has 0 aliphatic carbocycles. The smallest absolute Gasteiger partial charge is 0.228 e. The van der Waals surface area contributed by atoms with Gasteiger partial charge < -0.3 is 4.90 Å². The molecule has 13 heavy (non-hydrogen) atoms. The van der Waals surface area contributed by atoms with Crippen LogP contribution in [0.4, 0.5) is 0 Å². The molecule has 0 bridgehead atoms. The number of hydrogen-bond donors (Lipinski definition) is 0. The molecule has 0 N–H and O–H groups in total. The fraction of sp³-hybridized carbons (Fsp3) is 1.00. The van der Waals surface area contributed by atoms with E-state index in [2.05, 4.69) is 4.90 Å². The highest BCUT2D eigenvalue weighted by molar-refractivity contribution is 7.90. The molecule has 0 aromatic rings. The van der Waals surface area contributed by atoms with Gasteiger partial charge in [0.15, 0.2) is 0 Å². The predicted octanol–water partition coefficient (Wildman–Crippen LogP) is 0.00590. The summed E-state index contributed by atoms with van der Waals surface area (Å²) >= 11 is 5.31. The van der Waals surface area contributed by atoms with Gasteiger partial charge in [-0.25, -0.2) is 12.7 Å². The molecular weight excluding hydrogens is 212 g/mol. The minimum absolute atomic E-state index is 0.304. The van der Waals surface area contributed by atoms with E-state index in [1.165, 1.54) is 4.31 Å². The molecule has 0 spiro atoms. The number of rotatable bonds is 4. The van der Waals surface area contributed by atoms with Crippen molar-refractivity contribution in [3.05, 3.63) is 0 Å². The van der Waals surface area contributed by atoms with Crippen molar-refractivity contribution in [3.8, 4) is 0 Å². The maximum absolute atomic E-state index is 11.2. The molecular formula is C7H15ClN2O2S. The Labute approximate surface area is 84.5 Å². The molecule has 1 rings (SSSR count). The van der Waals surface area contributed by atoms with Gasteiger partial charge in [0.05, 0.1) is 0 Å². The van der Waals surface area contributed by atoms with Gasteiger partial charge in [0.1, 0.15) is 5.21 Å². The Morgan fingerprint density at radius 2 is 2.00 bits per heavy atom. The van der Waals surface area contributed by atoms with Crippen molar-refractivity contribution >= 4 is 21.6 Å². The third-order valence-corrected chi connectivity index (χ3v) is 4.27. The largest absolute Gasteiger partial charge is 0.309 e. The van der Waals surface area contributed by atoms with Crippen LogP contribution in [0.25, 0.3) is 0 Å². The van der Waals surface area contributed by atoms with Crippen LogP contribution in [-0.2, 0) is 10.0 Å². The van der Waals surface area contributed by atoms with Gasteiger partial charge >= 0.3 is 0 Å². The number of hydrogen-bond acceptors (Lipinski definition) is 3. The van der Waals surface area contributed by atoms with E-state index in [1.54, 1.807) is 0 Å². The lowest BCUT2D eigenvalue weighted by Crippen LogP contribution is -2.53. The highest BCUT2D eigenvalue weighted by Gasteiger charge is 2.34. The van der Waals surface area contributed by atoms with E-state index < -0.39 is 10.0 Å². The van der Waals surface area contributed by atoms with Crippen molar-refractivity contribution in [1.82, 2.24) is 9.21 Å². The molecule has 4 nitrogen and oxygen atoms in total. The summed E-state index contributed by atoms with van der Waals surface area (Å²) in [5.74, 6) is 0.466. The maximum Gasteiger partial charge on any atom is 0.228 e. The molecule has 0 radical (unpaired) electrons. The van der Waals surface area contributed by atoms with Crippen LogP contribution in [0.3, 0.4) is 0 Å². The molecule has 0 amide bonds. The van der Waals surface area contributed by atoms with Crippen LogP contribution in [0.1, 0.15) is 0 Å². The number of alkyl halides is 1. The van der Waals surface area contributed by atoms with E-state index in [1.807, 2.05) is 14.1 Å². The van der Waals surface area contributed by atoms with Crippen LogP contribution >= 0.6 is 11.6 Å². The van der Waals surface area contributed by atoms with Crippen LogP contribution in [0, 0.1) is 5.92 Å². The van der Waals surface area contributed by atoms with Crippen molar-refractivity contribution in [1.29, 1.82) is 0 Å². The molecule has 0 atom stereocenters. The average molecular weight is 227 g/mol. The number of nitrogens with zero attached hydrogens (tertiary/aromatic N) is 2. The first-order valence-electron chi connectivity index (χ1n) is 4.14. The zero-order valence-electron chi connectivity index (χ0n) is 7.90. The third-order valence-electron chi connectivity index (χ3n) is 2.08. The molecule has 0 aromatic heterocycles. The predicted molar refractivity (Wildman–Crippen MR) is 53.3 cm³/mol. The van der Waals surface area contributed by atoms with Gasteiger partial charge in [-0.05, 0) is 20.0 Å². The first-order valence-corrected chi connectivity index (χ1v) is 6.28. The minimum atomic E-state index is -3.15. The van der Waals surface area contributed by atoms with E-state index >= 15 is 0 Å². The van der Waals surface area contributed by atoms with Crippen molar-refractivity contribution in [2.24, 2.45) is 5.92 Å². The molecule has 1 heterocycles. The lowest BCUT2D eigenvalue weighted by atomic mass is 10.0. The first-order chi connectivity index (χ1) is 5.95. The Balaban J connectivity index is 2.34. The SMILES string of the molecule is CN(C)CC1CN(S(=O)(=O)CCl)C1. The summed E-state index contributed by atoms with van der Waals surface area (Å²) in [6, 6.07) is 0. The summed E-state index contributed by atoms with van der Waals surface area (Å²) in [6.07, 6.45) is 0. The first kappa shape index (κ1) is 11.2. The second kappa shape index (κ2) is 4.13. The van der Waals surface area contributed by atoms with Crippen LogP contribution in [0.2, 0.25) is 0 Å². The summed E-state index contributed by atoms with van der Waals surface area (Å²) in [5.41, 5.74) is 0. The topological polar surface area (TPSA) is 40.6 Å². The van der Waals surface area contributed by atoms with Gasteiger partial charge in [0, 0.05) is 19.6 Å². The second-order valence-electron chi connectivity index (χ2n) is 3.67. The summed E-state index contributed by atoms with van der Waals surface area (Å²) in [4.78, 5) is 2.06. The van der Waals surface area contributed by atoms with Crippen LogP contribution in [0.5, 0.6) is 0 Å². The van der Waals surface area contributed by atoms with E-state index in [9.17, 15) is 8.42 Å². The van der Waals surface area contributed by atoms with E-state index in [0.29, 0.717) is 19.0 Å². The van der Waals surface area contributed by atoms with Gasteiger partial charge in [-0.2, -0.15) is 0 Å². The third kappa shape index (κ3) is 2.80. The number of halogens is 1. The molecule has 6 heteroatoms. The Morgan fingerprint density at radius 1 is 1.46 bits per heavy atom. The van der Waals surface area contributed by atoms with Crippen LogP contribution in [-0.4, -0.2) is 56.6 Å². The zero-order valence-corrected chi connectivity index (χ0v) is 9.48. The summed E-state index contributed by atoms with van der Waals surface area (Å²) in [6.45, 7) is 2.18. The van der Waals surface area contributed by atoms with E-state index in [4.69, 9.17) is 11.6 Å². The molecule has 0 saturated carbocycles. The molecule has 1 fully saturated rings. The van der Waals surface area contributed by atoms with Gasteiger partial charge in [-0.1, -0.05) is 0 Å². The zero-order chi connectivity index (χ0) is 10.1. The molecule has 0 aromatic carbocycles. The fourth-order valence-corrected chi connectivity index (χ4v) is 2.88. The highest BCUT2D eigenvalue weighted by Crippen LogP contribution is 2.20. The van der Waals surface area contributed by atoms with Gasteiger partial charge in [-0.15, -0.1) is 11.6 Å². The number of sulfonamides is 1.